The standard InChI is InChI=1S/C17H12ClN5O/c18-10-2-1-3-11(6-10)24-14-4-5-20-17-16(14)12(8-21-17)13-7-15(19)23-9-22-13/h1-9H,(H,20,21)(H2,19,22,23). The number of aromatic nitrogens is 4. The highest BCUT2D eigenvalue weighted by molar-refractivity contribution is 6.30. The lowest BCUT2D eigenvalue weighted by molar-refractivity contribution is 0.488. The Kier molecular flexibility index (Phi) is 3.51. The van der Waals surface area contributed by atoms with E-state index in [9.17, 15) is 0 Å². The van der Waals surface area contributed by atoms with Crippen LogP contribution in [0, 0.1) is 0 Å². The summed E-state index contributed by atoms with van der Waals surface area (Å²) >= 11 is 6.02. The Hall–Kier alpha value is -3.12. The van der Waals surface area contributed by atoms with Gasteiger partial charge in [0.2, 0.25) is 0 Å². The van der Waals surface area contributed by atoms with Gasteiger partial charge in [-0.1, -0.05) is 17.7 Å². The first-order valence-corrected chi connectivity index (χ1v) is 7.56. The molecule has 118 valence electrons. The van der Waals surface area contributed by atoms with Gasteiger partial charge in [-0.15, -0.1) is 0 Å². The maximum absolute atomic E-state index is 6.02. The molecule has 4 rings (SSSR count). The number of H-pyrrole nitrogens is 1. The summed E-state index contributed by atoms with van der Waals surface area (Å²) in [6, 6.07) is 10.7. The summed E-state index contributed by atoms with van der Waals surface area (Å²) in [5.74, 6) is 1.69. The van der Waals surface area contributed by atoms with E-state index in [0.717, 1.165) is 10.9 Å². The van der Waals surface area contributed by atoms with Crippen molar-refractivity contribution in [2.75, 3.05) is 5.73 Å². The predicted octanol–water partition coefficient (Wildman–Crippen LogP) is 4.05. The summed E-state index contributed by atoms with van der Waals surface area (Å²) < 4.78 is 6.00. The first-order valence-electron chi connectivity index (χ1n) is 7.18. The van der Waals surface area contributed by atoms with Crippen LogP contribution in [0.2, 0.25) is 5.02 Å². The van der Waals surface area contributed by atoms with Crippen molar-refractivity contribution in [1.82, 2.24) is 19.9 Å². The van der Waals surface area contributed by atoms with E-state index >= 15 is 0 Å². The molecule has 6 nitrogen and oxygen atoms in total. The second-order valence-corrected chi connectivity index (χ2v) is 5.56. The van der Waals surface area contributed by atoms with Crippen LogP contribution in [0.25, 0.3) is 22.3 Å². The quantitative estimate of drug-likeness (QED) is 0.588. The first kappa shape index (κ1) is 14.5. The number of anilines is 1. The highest BCUT2D eigenvalue weighted by Gasteiger charge is 2.14. The van der Waals surface area contributed by atoms with Crippen LogP contribution in [0.1, 0.15) is 0 Å². The highest BCUT2D eigenvalue weighted by Crippen LogP contribution is 2.36. The van der Waals surface area contributed by atoms with Crippen LogP contribution in [0.3, 0.4) is 0 Å². The number of pyridine rings is 1. The summed E-state index contributed by atoms with van der Waals surface area (Å²) in [6.45, 7) is 0. The number of hydrogen-bond acceptors (Lipinski definition) is 5. The lowest BCUT2D eigenvalue weighted by Crippen LogP contribution is -1.93. The largest absolute Gasteiger partial charge is 0.456 e. The molecule has 0 bridgehead atoms. The van der Waals surface area contributed by atoms with Crippen LogP contribution in [-0.2, 0) is 0 Å². The number of ether oxygens (including phenoxy) is 1. The molecule has 0 saturated heterocycles. The Morgan fingerprint density at radius 2 is 2.00 bits per heavy atom. The fourth-order valence-corrected chi connectivity index (χ4v) is 2.67. The molecule has 0 aliphatic rings. The Bertz CT molecular complexity index is 1030. The van der Waals surface area contributed by atoms with E-state index in [0.29, 0.717) is 33.7 Å². The fraction of sp³-hybridized carbons (Fsp3) is 0. The summed E-state index contributed by atoms with van der Waals surface area (Å²) in [4.78, 5) is 15.7. The number of benzene rings is 1. The van der Waals surface area contributed by atoms with Gasteiger partial charge in [-0.3, -0.25) is 0 Å². The highest BCUT2D eigenvalue weighted by atomic mass is 35.5. The van der Waals surface area contributed by atoms with Gasteiger partial charge in [0.15, 0.2) is 0 Å². The van der Waals surface area contributed by atoms with E-state index in [1.54, 1.807) is 30.5 Å². The number of hydrogen-bond donors (Lipinski definition) is 2. The molecule has 0 radical (unpaired) electrons. The van der Waals surface area contributed by atoms with Crippen molar-refractivity contribution in [2.45, 2.75) is 0 Å². The van der Waals surface area contributed by atoms with Gasteiger partial charge in [0.25, 0.3) is 0 Å². The third-order valence-electron chi connectivity index (χ3n) is 3.52. The van der Waals surface area contributed by atoms with Gasteiger partial charge in [0.1, 0.15) is 29.3 Å². The molecule has 24 heavy (non-hydrogen) atoms. The van der Waals surface area contributed by atoms with Gasteiger partial charge in [-0.2, -0.15) is 0 Å². The number of rotatable bonds is 3. The number of nitrogens with two attached hydrogens (primary N) is 1. The summed E-state index contributed by atoms with van der Waals surface area (Å²) in [5.41, 5.74) is 7.99. The van der Waals surface area contributed by atoms with Crippen molar-refractivity contribution in [2.24, 2.45) is 0 Å². The molecule has 3 N–H and O–H groups in total. The minimum absolute atomic E-state index is 0.399. The maximum atomic E-state index is 6.02. The molecule has 0 aliphatic heterocycles. The van der Waals surface area contributed by atoms with Gasteiger partial charge in [0, 0.05) is 29.0 Å². The fourth-order valence-electron chi connectivity index (χ4n) is 2.49. The van der Waals surface area contributed by atoms with E-state index < -0.39 is 0 Å². The molecule has 0 saturated carbocycles. The third kappa shape index (κ3) is 2.63. The molecule has 0 unspecified atom stereocenters. The van der Waals surface area contributed by atoms with E-state index in [2.05, 4.69) is 19.9 Å². The summed E-state index contributed by atoms with van der Waals surface area (Å²) in [6.07, 6.45) is 4.93. The predicted molar refractivity (Wildman–Crippen MR) is 93.1 cm³/mol. The maximum Gasteiger partial charge on any atom is 0.141 e. The molecule has 3 aromatic heterocycles. The van der Waals surface area contributed by atoms with E-state index in [4.69, 9.17) is 22.1 Å². The number of nitrogens with one attached hydrogen (secondary N) is 1. The first-order chi connectivity index (χ1) is 11.7. The molecule has 7 heteroatoms. The second-order valence-electron chi connectivity index (χ2n) is 5.12. The zero-order valence-corrected chi connectivity index (χ0v) is 13.2. The SMILES string of the molecule is Nc1cc(-c2c[nH]c3nccc(Oc4cccc(Cl)c4)c23)ncn1. The number of nitrogen functional groups attached to an aromatic ring is 1. The van der Waals surface area contributed by atoms with E-state index in [1.807, 2.05) is 18.3 Å². The molecule has 1 aromatic carbocycles. The van der Waals surface area contributed by atoms with Crippen molar-refractivity contribution >= 4 is 28.5 Å². The molecule has 0 atom stereocenters. The zero-order valence-electron chi connectivity index (χ0n) is 12.4. The Balaban J connectivity index is 1.86. The van der Waals surface area contributed by atoms with Crippen LogP contribution in [0.15, 0.2) is 55.1 Å². The van der Waals surface area contributed by atoms with Gasteiger partial charge in [0.05, 0.1) is 11.1 Å². The number of nitrogens with zero attached hydrogens (tertiary/aromatic N) is 3. The molecule has 0 spiro atoms. The van der Waals surface area contributed by atoms with E-state index in [1.165, 1.54) is 6.33 Å². The van der Waals surface area contributed by atoms with Gasteiger partial charge in [-0.05, 0) is 24.3 Å². The van der Waals surface area contributed by atoms with Crippen LogP contribution in [-0.4, -0.2) is 19.9 Å². The number of aromatic amines is 1. The monoisotopic (exact) mass is 337 g/mol. The summed E-state index contributed by atoms with van der Waals surface area (Å²) in [7, 11) is 0. The Morgan fingerprint density at radius 1 is 1.08 bits per heavy atom. The topological polar surface area (TPSA) is 89.7 Å². The molecule has 0 aliphatic carbocycles. The molecule has 0 amide bonds. The molecular weight excluding hydrogens is 326 g/mol. The average molecular weight is 338 g/mol. The molecular formula is C17H12ClN5O. The van der Waals surface area contributed by atoms with Crippen LogP contribution < -0.4 is 10.5 Å². The van der Waals surface area contributed by atoms with E-state index in [-0.39, 0.29) is 0 Å². The minimum Gasteiger partial charge on any atom is -0.456 e. The van der Waals surface area contributed by atoms with Crippen LogP contribution in [0.4, 0.5) is 5.82 Å². The van der Waals surface area contributed by atoms with Crippen LogP contribution >= 0.6 is 11.6 Å². The van der Waals surface area contributed by atoms with Gasteiger partial charge >= 0.3 is 0 Å². The zero-order chi connectivity index (χ0) is 16.5. The van der Waals surface area contributed by atoms with Gasteiger partial charge in [-0.25, -0.2) is 15.0 Å². The van der Waals surface area contributed by atoms with Gasteiger partial charge < -0.3 is 15.5 Å². The molecule has 0 fully saturated rings. The summed E-state index contributed by atoms with van der Waals surface area (Å²) in [5, 5.41) is 1.42. The molecule has 3 heterocycles. The smallest absolute Gasteiger partial charge is 0.141 e. The van der Waals surface area contributed by atoms with Crippen molar-refractivity contribution in [1.29, 1.82) is 0 Å². The Labute approximate surface area is 142 Å². The lowest BCUT2D eigenvalue weighted by atomic mass is 10.1. The second kappa shape index (κ2) is 5.82. The normalized spacial score (nSPS) is 10.9. The Morgan fingerprint density at radius 3 is 2.83 bits per heavy atom. The van der Waals surface area contributed by atoms with Crippen LogP contribution in [0.5, 0.6) is 11.5 Å². The lowest BCUT2D eigenvalue weighted by Gasteiger charge is -2.08. The number of fused-ring (bicyclic) bond motifs is 1. The number of halogens is 1. The third-order valence-corrected chi connectivity index (χ3v) is 3.76. The molecule has 4 aromatic rings. The average Bonchev–Trinajstić information content (AvgIpc) is 3.00. The minimum atomic E-state index is 0.399. The van der Waals surface area contributed by atoms with Crippen molar-refractivity contribution in [3.63, 3.8) is 0 Å². The van der Waals surface area contributed by atoms with Crippen molar-refractivity contribution < 1.29 is 4.74 Å². The van der Waals surface area contributed by atoms with Crippen molar-refractivity contribution in [3.8, 4) is 22.8 Å². The van der Waals surface area contributed by atoms with Crippen molar-refractivity contribution in [3.05, 3.63) is 60.1 Å².